The molecule has 0 bridgehead atoms. The molecule has 1 aromatic carbocycles. The van der Waals surface area contributed by atoms with Gasteiger partial charge in [-0.25, -0.2) is 4.79 Å². The van der Waals surface area contributed by atoms with Crippen LogP contribution in [0, 0.1) is 0 Å². The highest BCUT2D eigenvalue weighted by atomic mass is 16.7. The number of carboxylic acids is 1. The van der Waals surface area contributed by atoms with Gasteiger partial charge in [-0.2, -0.15) is 0 Å². The zero-order valence-corrected chi connectivity index (χ0v) is 12.5. The Morgan fingerprint density at radius 2 is 1.67 bits per heavy atom. The van der Waals surface area contributed by atoms with Crippen LogP contribution in [-0.2, 0) is 15.3 Å². The summed E-state index contributed by atoms with van der Waals surface area (Å²) >= 11 is 0. The van der Waals surface area contributed by atoms with Crippen LogP contribution in [0.15, 0.2) is 12.1 Å². The van der Waals surface area contributed by atoms with E-state index in [0.29, 0.717) is 32.0 Å². The highest BCUT2D eigenvalue weighted by Gasteiger charge is 2.35. The Bertz CT molecular complexity index is 492. The molecule has 1 saturated heterocycles. The van der Waals surface area contributed by atoms with E-state index < -0.39 is 11.8 Å². The summed E-state index contributed by atoms with van der Waals surface area (Å²) < 4.78 is 22.1. The Morgan fingerprint density at radius 3 is 2.05 bits per heavy atom. The van der Waals surface area contributed by atoms with Gasteiger partial charge in [-0.15, -0.1) is 0 Å². The van der Waals surface area contributed by atoms with Crippen molar-refractivity contribution in [3.05, 3.63) is 23.3 Å². The summed E-state index contributed by atoms with van der Waals surface area (Å²) in [5.41, 5.74) is 0.695. The molecule has 6 heteroatoms. The van der Waals surface area contributed by atoms with Gasteiger partial charge in [0.25, 0.3) is 0 Å². The largest absolute Gasteiger partial charge is 0.493 e. The molecule has 1 fully saturated rings. The van der Waals surface area contributed by atoms with Gasteiger partial charge in [0.1, 0.15) is 17.1 Å². The Hall–Kier alpha value is -1.79. The van der Waals surface area contributed by atoms with Crippen molar-refractivity contribution in [1.29, 1.82) is 0 Å². The summed E-state index contributed by atoms with van der Waals surface area (Å²) in [7, 11) is 0. The van der Waals surface area contributed by atoms with Crippen molar-refractivity contribution in [2.24, 2.45) is 0 Å². The van der Waals surface area contributed by atoms with Gasteiger partial charge in [0.15, 0.2) is 5.79 Å². The van der Waals surface area contributed by atoms with E-state index in [1.54, 1.807) is 32.9 Å². The molecule has 1 heterocycles. The minimum atomic E-state index is -1.09. The summed E-state index contributed by atoms with van der Waals surface area (Å²) in [6, 6.07) is 3.28. The summed E-state index contributed by atoms with van der Waals surface area (Å²) in [6.07, 6.45) is 0. The van der Waals surface area contributed by atoms with E-state index in [9.17, 15) is 9.90 Å². The Kier molecular flexibility index (Phi) is 4.69. The van der Waals surface area contributed by atoms with E-state index in [0.717, 1.165) is 0 Å². The standard InChI is InChI=1S/C15H20O6/c1-4-18-11-8-10(15(3)20-6-7-21-15)9-12(19-5-2)13(11)14(16)17/h8-9H,4-7H2,1-3H3,(H,16,17). The van der Waals surface area contributed by atoms with Gasteiger partial charge in [-0.05, 0) is 32.9 Å². The first kappa shape index (κ1) is 15.6. The smallest absolute Gasteiger partial charge is 0.343 e. The van der Waals surface area contributed by atoms with Crippen LogP contribution in [0.4, 0.5) is 0 Å². The van der Waals surface area contributed by atoms with Crippen LogP contribution < -0.4 is 9.47 Å². The van der Waals surface area contributed by atoms with Crippen molar-refractivity contribution in [1.82, 2.24) is 0 Å². The second-order valence-electron chi connectivity index (χ2n) is 4.66. The van der Waals surface area contributed by atoms with Gasteiger partial charge in [0, 0.05) is 5.56 Å². The maximum Gasteiger partial charge on any atom is 0.343 e. The van der Waals surface area contributed by atoms with Crippen LogP contribution in [0.5, 0.6) is 11.5 Å². The molecule has 0 aromatic heterocycles. The summed E-state index contributed by atoms with van der Waals surface area (Å²) in [5, 5.41) is 9.40. The zero-order chi connectivity index (χ0) is 15.5. The summed E-state index contributed by atoms with van der Waals surface area (Å²) in [5.74, 6) is -1.49. The van der Waals surface area contributed by atoms with E-state index in [-0.39, 0.29) is 17.1 Å². The van der Waals surface area contributed by atoms with Crippen molar-refractivity contribution < 1.29 is 28.8 Å². The van der Waals surface area contributed by atoms with Crippen molar-refractivity contribution in [3.8, 4) is 11.5 Å². The summed E-state index contributed by atoms with van der Waals surface area (Å²) in [6.45, 7) is 7.07. The van der Waals surface area contributed by atoms with Gasteiger partial charge in [-0.1, -0.05) is 0 Å². The van der Waals surface area contributed by atoms with E-state index in [1.165, 1.54) is 0 Å². The predicted octanol–water partition coefficient (Wildman–Crippen LogP) is 2.40. The van der Waals surface area contributed by atoms with Gasteiger partial charge in [0.05, 0.1) is 26.4 Å². The maximum absolute atomic E-state index is 11.5. The van der Waals surface area contributed by atoms with E-state index in [4.69, 9.17) is 18.9 Å². The monoisotopic (exact) mass is 296 g/mol. The number of carbonyl (C=O) groups is 1. The molecule has 0 atom stereocenters. The van der Waals surface area contributed by atoms with E-state index in [1.807, 2.05) is 0 Å². The molecule has 1 aliphatic heterocycles. The SMILES string of the molecule is CCOc1cc(C2(C)OCCO2)cc(OCC)c1C(=O)O. The number of hydrogen-bond acceptors (Lipinski definition) is 5. The molecule has 6 nitrogen and oxygen atoms in total. The molecule has 1 aromatic rings. The fraction of sp³-hybridized carbons (Fsp3) is 0.533. The molecule has 0 radical (unpaired) electrons. The third-order valence-electron chi connectivity index (χ3n) is 3.24. The Morgan fingerprint density at radius 1 is 1.19 bits per heavy atom. The molecular formula is C15H20O6. The van der Waals surface area contributed by atoms with Crippen LogP contribution in [0.3, 0.4) is 0 Å². The quantitative estimate of drug-likeness (QED) is 0.869. The first-order valence-electron chi connectivity index (χ1n) is 6.97. The molecule has 0 unspecified atom stereocenters. The third-order valence-corrected chi connectivity index (χ3v) is 3.24. The zero-order valence-electron chi connectivity index (χ0n) is 12.5. The number of aromatic carboxylic acids is 1. The van der Waals surface area contributed by atoms with Crippen LogP contribution in [0.2, 0.25) is 0 Å². The number of benzene rings is 1. The first-order chi connectivity index (χ1) is 10.0. The molecule has 0 spiro atoms. The minimum absolute atomic E-state index is 0.0176. The topological polar surface area (TPSA) is 74.2 Å². The van der Waals surface area contributed by atoms with Gasteiger partial charge >= 0.3 is 5.97 Å². The average Bonchev–Trinajstić information content (AvgIpc) is 2.87. The molecule has 0 saturated carbocycles. The van der Waals surface area contributed by atoms with Crippen LogP contribution in [0.1, 0.15) is 36.7 Å². The minimum Gasteiger partial charge on any atom is -0.493 e. The highest BCUT2D eigenvalue weighted by molar-refractivity contribution is 5.94. The van der Waals surface area contributed by atoms with Crippen molar-refractivity contribution >= 4 is 5.97 Å². The second kappa shape index (κ2) is 6.32. The fourth-order valence-electron chi connectivity index (χ4n) is 2.28. The van der Waals surface area contributed by atoms with Crippen molar-refractivity contribution in [2.75, 3.05) is 26.4 Å². The van der Waals surface area contributed by atoms with Gasteiger partial charge in [-0.3, -0.25) is 0 Å². The van der Waals surface area contributed by atoms with Crippen LogP contribution >= 0.6 is 0 Å². The maximum atomic E-state index is 11.5. The lowest BCUT2D eigenvalue weighted by atomic mass is 10.0. The van der Waals surface area contributed by atoms with Gasteiger partial charge in [0.2, 0.25) is 0 Å². The number of hydrogen-bond donors (Lipinski definition) is 1. The van der Waals surface area contributed by atoms with E-state index >= 15 is 0 Å². The fourth-order valence-corrected chi connectivity index (χ4v) is 2.28. The van der Waals surface area contributed by atoms with Gasteiger partial charge < -0.3 is 24.1 Å². The van der Waals surface area contributed by atoms with Crippen LogP contribution in [0.25, 0.3) is 0 Å². The molecule has 1 aliphatic rings. The first-order valence-corrected chi connectivity index (χ1v) is 6.97. The number of rotatable bonds is 6. The molecule has 0 aliphatic carbocycles. The third kappa shape index (κ3) is 3.11. The number of carboxylic acid groups (broad SMARTS) is 1. The molecular weight excluding hydrogens is 276 g/mol. The highest BCUT2D eigenvalue weighted by Crippen LogP contribution is 2.38. The second-order valence-corrected chi connectivity index (χ2v) is 4.66. The van der Waals surface area contributed by atoms with E-state index in [2.05, 4.69) is 0 Å². The average molecular weight is 296 g/mol. The summed E-state index contributed by atoms with van der Waals surface area (Å²) in [4.78, 5) is 11.5. The molecule has 116 valence electrons. The normalized spacial score (nSPS) is 16.7. The molecule has 2 rings (SSSR count). The van der Waals surface area contributed by atoms with Crippen LogP contribution in [-0.4, -0.2) is 37.5 Å². The lowest BCUT2D eigenvalue weighted by Crippen LogP contribution is -2.23. The lowest BCUT2D eigenvalue weighted by molar-refractivity contribution is -0.149. The Balaban J connectivity index is 2.55. The Labute approximate surface area is 123 Å². The van der Waals surface area contributed by atoms with Crippen molar-refractivity contribution in [3.63, 3.8) is 0 Å². The molecule has 0 amide bonds. The molecule has 1 N–H and O–H groups in total. The molecule has 21 heavy (non-hydrogen) atoms. The predicted molar refractivity (Wildman–Crippen MR) is 75.0 cm³/mol. The lowest BCUT2D eigenvalue weighted by Gasteiger charge is -2.25. The van der Waals surface area contributed by atoms with Crippen molar-refractivity contribution in [2.45, 2.75) is 26.6 Å². The number of ether oxygens (including phenoxy) is 4.